The SMILES string of the molecule is C=C(C)C(CCC)S(=O)(=O)c1cccc(C(=O)O)n1. The molecule has 1 aromatic rings. The van der Waals surface area contributed by atoms with Gasteiger partial charge < -0.3 is 5.11 Å². The Bertz CT molecular complexity index is 592. The Morgan fingerprint density at radius 1 is 1.47 bits per heavy atom. The Morgan fingerprint density at radius 3 is 2.58 bits per heavy atom. The molecule has 0 saturated heterocycles. The summed E-state index contributed by atoms with van der Waals surface area (Å²) in [4.78, 5) is 14.5. The molecule has 0 saturated carbocycles. The number of aromatic nitrogens is 1. The van der Waals surface area contributed by atoms with E-state index in [9.17, 15) is 13.2 Å². The highest BCUT2D eigenvalue weighted by Gasteiger charge is 2.29. The highest BCUT2D eigenvalue weighted by atomic mass is 32.2. The van der Waals surface area contributed by atoms with Crippen LogP contribution < -0.4 is 0 Å². The second-order valence-electron chi connectivity index (χ2n) is 4.33. The maximum Gasteiger partial charge on any atom is 0.354 e. The second kappa shape index (κ2) is 5.97. The molecule has 0 bridgehead atoms. The van der Waals surface area contributed by atoms with Gasteiger partial charge in [0.2, 0.25) is 9.84 Å². The highest BCUT2D eigenvalue weighted by Crippen LogP contribution is 2.23. The summed E-state index contributed by atoms with van der Waals surface area (Å²) in [5.41, 5.74) is 0.252. The molecule has 1 heterocycles. The minimum Gasteiger partial charge on any atom is -0.477 e. The van der Waals surface area contributed by atoms with Crippen molar-refractivity contribution in [3.05, 3.63) is 36.0 Å². The number of hydrogen-bond donors (Lipinski definition) is 1. The monoisotopic (exact) mass is 283 g/mol. The largest absolute Gasteiger partial charge is 0.477 e. The van der Waals surface area contributed by atoms with E-state index < -0.39 is 21.1 Å². The van der Waals surface area contributed by atoms with E-state index in [1.807, 2.05) is 6.92 Å². The molecule has 1 aromatic heterocycles. The zero-order valence-corrected chi connectivity index (χ0v) is 11.8. The Labute approximate surface area is 112 Å². The van der Waals surface area contributed by atoms with Gasteiger partial charge in [-0.25, -0.2) is 18.2 Å². The molecule has 0 aliphatic rings. The molecule has 0 radical (unpaired) electrons. The quantitative estimate of drug-likeness (QED) is 0.810. The van der Waals surface area contributed by atoms with Gasteiger partial charge in [0.15, 0.2) is 5.03 Å². The molecular formula is C13H17NO4S. The van der Waals surface area contributed by atoms with Crippen LogP contribution in [0.1, 0.15) is 37.2 Å². The second-order valence-corrected chi connectivity index (χ2v) is 6.41. The third-order valence-corrected chi connectivity index (χ3v) is 4.91. The molecule has 1 rings (SSSR count). The molecule has 1 atom stereocenters. The number of aromatic carboxylic acids is 1. The van der Waals surface area contributed by atoms with E-state index in [2.05, 4.69) is 11.6 Å². The van der Waals surface area contributed by atoms with Gasteiger partial charge in [0.1, 0.15) is 5.69 Å². The number of hydrogen-bond acceptors (Lipinski definition) is 4. The summed E-state index contributed by atoms with van der Waals surface area (Å²) in [6, 6.07) is 3.95. The van der Waals surface area contributed by atoms with E-state index in [4.69, 9.17) is 5.11 Å². The normalized spacial score (nSPS) is 12.9. The molecule has 0 aliphatic carbocycles. The molecule has 0 aromatic carbocycles. The van der Waals surface area contributed by atoms with E-state index in [0.717, 1.165) is 0 Å². The third-order valence-electron chi connectivity index (χ3n) is 2.71. The first-order chi connectivity index (χ1) is 8.80. The summed E-state index contributed by atoms with van der Waals surface area (Å²) < 4.78 is 24.8. The van der Waals surface area contributed by atoms with Crippen LogP contribution in [-0.4, -0.2) is 29.7 Å². The minimum absolute atomic E-state index is 0.214. The van der Waals surface area contributed by atoms with Crippen molar-refractivity contribution in [2.75, 3.05) is 0 Å². The summed E-state index contributed by atoms with van der Waals surface area (Å²) >= 11 is 0. The fourth-order valence-electron chi connectivity index (χ4n) is 1.77. The van der Waals surface area contributed by atoms with Gasteiger partial charge in [0.05, 0.1) is 5.25 Å². The van der Waals surface area contributed by atoms with Gasteiger partial charge in [-0.15, -0.1) is 0 Å². The van der Waals surface area contributed by atoms with Crippen molar-refractivity contribution in [1.82, 2.24) is 4.98 Å². The topological polar surface area (TPSA) is 84.3 Å². The molecule has 5 nitrogen and oxygen atoms in total. The number of nitrogens with zero attached hydrogens (tertiary/aromatic N) is 1. The lowest BCUT2D eigenvalue weighted by atomic mass is 10.1. The molecule has 0 aliphatic heterocycles. The van der Waals surface area contributed by atoms with Gasteiger partial charge in [-0.2, -0.15) is 0 Å². The van der Waals surface area contributed by atoms with Crippen LogP contribution >= 0.6 is 0 Å². The number of carboxylic acid groups (broad SMARTS) is 1. The van der Waals surface area contributed by atoms with Gasteiger partial charge in [-0.3, -0.25) is 0 Å². The van der Waals surface area contributed by atoms with Crippen molar-refractivity contribution in [1.29, 1.82) is 0 Å². The fourth-order valence-corrected chi connectivity index (χ4v) is 3.63. The molecular weight excluding hydrogens is 266 g/mol. The van der Waals surface area contributed by atoms with Crippen molar-refractivity contribution in [2.24, 2.45) is 0 Å². The zero-order valence-electron chi connectivity index (χ0n) is 11.0. The summed E-state index contributed by atoms with van der Waals surface area (Å²) in [7, 11) is -3.69. The van der Waals surface area contributed by atoms with Gasteiger partial charge >= 0.3 is 5.97 Å². The maximum atomic E-state index is 12.4. The Hall–Kier alpha value is -1.69. The first-order valence-corrected chi connectivity index (χ1v) is 7.45. The third kappa shape index (κ3) is 3.41. The molecule has 0 amide bonds. The van der Waals surface area contributed by atoms with Gasteiger partial charge in [0, 0.05) is 0 Å². The van der Waals surface area contributed by atoms with Crippen molar-refractivity contribution >= 4 is 15.8 Å². The lowest BCUT2D eigenvalue weighted by Crippen LogP contribution is -2.23. The predicted octanol–water partition coefficient (Wildman–Crippen LogP) is 2.30. The van der Waals surface area contributed by atoms with Crippen LogP contribution in [0.2, 0.25) is 0 Å². The van der Waals surface area contributed by atoms with E-state index in [0.29, 0.717) is 18.4 Å². The van der Waals surface area contributed by atoms with Crippen molar-refractivity contribution in [3.63, 3.8) is 0 Å². The Kier molecular flexibility index (Phi) is 4.83. The van der Waals surface area contributed by atoms with Crippen LogP contribution in [0, 0.1) is 0 Å². The average Bonchev–Trinajstić information content (AvgIpc) is 2.35. The maximum absolute atomic E-state index is 12.4. The van der Waals surface area contributed by atoms with Crippen LogP contribution in [0.25, 0.3) is 0 Å². The van der Waals surface area contributed by atoms with Crippen LogP contribution in [0.4, 0.5) is 0 Å². The van der Waals surface area contributed by atoms with Crippen LogP contribution in [0.15, 0.2) is 35.4 Å². The summed E-state index contributed by atoms with van der Waals surface area (Å²) in [6.45, 7) is 7.23. The fraction of sp³-hybridized carbons (Fsp3) is 0.385. The molecule has 6 heteroatoms. The number of carboxylic acids is 1. The van der Waals surface area contributed by atoms with Crippen molar-refractivity contribution < 1.29 is 18.3 Å². The summed E-state index contributed by atoms with van der Waals surface area (Å²) in [6.07, 6.45) is 1.13. The highest BCUT2D eigenvalue weighted by molar-refractivity contribution is 7.92. The molecule has 104 valence electrons. The molecule has 0 spiro atoms. The first kappa shape index (κ1) is 15.4. The average molecular weight is 283 g/mol. The molecule has 1 N–H and O–H groups in total. The van der Waals surface area contributed by atoms with Crippen LogP contribution in [0.5, 0.6) is 0 Å². The lowest BCUT2D eigenvalue weighted by molar-refractivity contribution is 0.0689. The standard InChI is InChI=1S/C13H17NO4S/c1-4-6-11(9(2)3)19(17,18)12-8-5-7-10(14-12)13(15)16/h5,7-8,11H,2,4,6H2,1,3H3,(H,15,16). The van der Waals surface area contributed by atoms with Gasteiger partial charge in [0.25, 0.3) is 0 Å². The van der Waals surface area contributed by atoms with Crippen LogP contribution in [0.3, 0.4) is 0 Å². The molecule has 0 fully saturated rings. The Morgan fingerprint density at radius 2 is 2.11 bits per heavy atom. The van der Waals surface area contributed by atoms with E-state index in [-0.39, 0.29) is 10.7 Å². The summed E-state index contributed by atoms with van der Waals surface area (Å²) in [5, 5.41) is 7.91. The summed E-state index contributed by atoms with van der Waals surface area (Å²) in [5.74, 6) is -1.25. The Balaban J connectivity index is 3.29. The van der Waals surface area contributed by atoms with Crippen molar-refractivity contribution in [2.45, 2.75) is 37.0 Å². The first-order valence-electron chi connectivity index (χ1n) is 5.90. The molecule has 19 heavy (non-hydrogen) atoms. The number of rotatable bonds is 6. The lowest BCUT2D eigenvalue weighted by Gasteiger charge is -2.16. The minimum atomic E-state index is -3.69. The van der Waals surface area contributed by atoms with E-state index >= 15 is 0 Å². The van der Waals surface area contributed by atoms with E-state index in [1.165, 1.54) is 18.2 Å². The number of carbonyl (C=O) groups is 1. The molecule has 1 unspecified atom stereocenters. The van der Waals surface area contributed by atoms with Gasteiger partial charge in [-0.05, 0) is 25.5 Å². The predicted molar refractivity (Wildman–Crippen MR) is 71.9 cm³/mol. The van der Waals surface area contributed by atoms with Crippen LogP contribution in [-0.2, 0) is 9.84 Å². The number of pyridine rings is 1. The van der Waals surface area contributed by atoms with E-state index in [1.54, 1.807) is 6.92 Å². The van der Waals surface area contributed by atoms with Crippen molar-refractivity contribution in [3.8, 4) is 0 Å². The van der Waals surface area contributed by atoms with Gasteiger partial charge in [-0.1, -0.05) is 31.6 Å². The smallest absolute Gasteiger partial charge is 0.354 e. The number of sulfone groups is 1. The zero-order chi connectivity index (χ0) is 14.6.